The van der Waals surface area contributed by atoms with Crippen LogP contribution in [0.15, 0.2) is 17.0 Å². The number of aliphatic carboxylic acids is 1. The topological polar surface area (TPSA) is 40.5 Å². The van der Waals surface area contributed by atoms with Crippen molar-refractivity contribution >= 4 is 23.4 Å². The summed E-state index contributed by atoms with van der Waals surface area (Å²) in [5.41, 5.74) is 3.46. The maximum atomic E-state index is 11.1. The summed E-state index contributed by atoms with van der Waals surface area (Å²) in [6.07, 6.45) is 0. The van der Waals surface area contributed by atoms with Gasteiger partial charge < -0.3 is 10.0 Å². The van der Waals surface area contributed by atoms with Gasteiger partial charge in [0.15, 0.2) is 0 Å². The van der Waals surface area contributed by atoms with E-state index in [9.17, 15) is 4.79 Å². The fourth-order valence-corrected chi connectivity index (χ4v) is 3.31. The van der Waals surface area contributed by atoms with Gasteiger partial charge in [0.05, 0.1) is 5.69 Å². The first-order valence-electron chi connectivity index (χ1n) is 5.21. The summed E-state index contributed by atoms with van der Waals surface area (Å²) in [6.45, 7) is 4.11. The fourth-order valence-electron chi connectivity index (χ4n) is 2.00. The summed E-state index contributed by atoms with van der Waals surface area (Å²) < 4.78 is 0. The van der Waals surface area contributed by atoms with E-state index >= 15 is 0 Å². The molecule has 1 aliphatic rings. The second kappa shape index (κ2) is 4.01. The van der Waals surface area contributed by atoms with E-state index in [4.69, 9.17) is 5.11 Å². The Labute approximate surface area is 99.5 Å². The molecule has 0 amide bonds. The molecule has 0 spiro atoms. The van der Waals surface area contributed by atoms with Crippen LogP contribution in [0, 0.1) is 13.8 Å². The van der Waals surface area contributed by atoms with Crippen LogP contribution in [0.1, 0.15) is 11.1 Å². The number of likely N-dealkylation sites (N-methyl/N-ethyl adjacent to an activating group) is 1. The van der Waals surface area contributed by atoms with Crippen LogP contribution in [0.3, 0.4) is 0 Å². The Morgan fingerprint density at radius 2 is 2.19 bits per heavy atom. The lowest BCUT2D eigenvalue weighted by Crippen LogP contribution is -2.43. The predicted molar refractivity (Wildman–Crippen MR) is 66.5 cm³/mol. The Morgan fingerprint density at radius 1 is 1.50 bits per heavy atom. The number of hydrogen-bond acceptors (Lipinski definition) is 3. The Balaban J connectivity index is 2.50. The molecule has 2 rings (SSSR count). The molecule has 1 aromatic rings. The summed E-state index contributed by atoms with van der Waals surface area (Å²) in [5.74, 6) is -0.136. The normalized spacial score (nSPS) is 19.4. The molecule has 1 heterocycles. The van der Waals surface area contributed by atoms with E-state index in [-0.39, 0.29) is 0 Å². The van der Waals surface area contributed by atoms with Crippen LogP contribution in [0.4, 0.5) is 5.69 Å². The Morgan fingerprint density at radius 3 is 2.81 bits per heavy atom. The Bertz CT molecular complexity index is 445. The van der Waals surface area contributed by atoms with Crippen molar-refractivity contribution in [2.45, 2.75) is 24.8 Å². The fraction of sp³-hybridized carbons (Fsp3) is 0.417. The van der Waals surface area contributed by atoms with Crippen molar-refractivity contribution in [3.05, 3.63) is 23.3 Å². The van der Waals surface area contributed by atoms with Crippen molar-refractivity contribution in [1.29, 1.82) is 0 Å². The van der Waals surface area contributed by atoms with Crippen LogP contribution in [-0.4, -0.2) is 29.9 Å². The first-order chi connectivity index (χ1) is 7.52. The predicted octanol–water partition coefficient (Wildman–Crippen LogP) is 2.30. The van der Waals surface area contributed by atoms with Crippen LogP contribution in [0.25, 0.3) is 0 Å². The van der Waals surface area contributed by atoms with Crippen LogP contribution in [0.5, 0.6) is 0 Å². The molecule has 1 N–H and O–H groups in total. The quantitative estimate of drug-likeness (QED) is 0.813. The van der Waals surface area contributed by atoms with Gasteiger partial charge in [-0.05, 0) is 31.0 Å². The minimum Gasteiger partial charge on any atom is -0.480 e. The second-order valence-electron chi connectivity index (χ2n) is 4.13. The van der Waals surface area contributed by atoms with Gasteiger partial charge in [-0.1, -0.05) is 6.07 Å². The number of carboxylic acids is 1. The molecule has 16 heavy (non-hydrogen) atoms. The molecule has 0 aromatic heterocycles. The smallest absolute Gasteiger partial charge is 0.327 e. The molecule has 1 aromatic carbocycles. The first kappa shape index (κ1) is 11.3. The molecule has 86 valence electrons. The molecule has 1 aliphatic heterocycles. The van der Waals surface area contributed by atoms with E-state index in [0.717, 1.165) is 5.69 Å². The summed E-state index contributed by atoms with van der Waals surface area (Å²) >= 11 is 1.63. The van der Waals surface area contributed by atoms with Crippen molar-refractivity contribution in [2.75, 3.05) is 17.7 Å². The first-order valence-corrected chi connectivity index (χ1v) is 6.19. The zero-order valence-electron chi connectivity index (χ0n) is 9.65. The molecule has 0 radical (unpaired) electrons. The highest BCUT2D eigenvalue weighted by Crippen LogP contribution is 2.39. The number of carbonyl (C=O) groups is 1. The van der Waals surface area contributed by atoms with E-state index in [1.807, 2.05) is 11.9 Å². The molecule has 1 unspecified atom stereocenters. The summed E-state index contributed by atoms with van der Waals surface area (Å²) in [4.78, 5) is 14.2. The summed E-state index contributed by atoms with van der Waals surface area (Å²) in [7, 11) is 1.86. The highest BCUT2D eigenvalue weighted by Gasteiger charge is 2.30. The van der Waals surface area contributed by atoms with Gasteiger partial charge in [-0.2, -0.15) is 0 Å². The Kier molecular flexibility index (Phi) is 2.84. The number of thioether (sulfide) groups is 1. The molecular formula is C12H15NO2S. The number of benzene rings is 1. The van der Waals surface area contributed by atoms with Gasteiger partial charge in [0, 0.05) is 17.7 Å². The van der Waals surface area contributed by atoms with E-state index in [1.165, 1.54) is 16.0 Å². The van der Waals surface area contributed by atoms with Gasteiger partial charge in [-0.15, -0.1) is 11.8 Å². The number of fused-ring (bicyclic) bond motifs is 1. The standard InChI is InChI=1S/C12H15NO2S/c1-7-4-5-10-11(8(7)2)13(3)9(6-16-10)12(14)15/h4-5,9H,6H2,1-3H3,(H,14,15). The van der Waals surface area contributed by atoms with E-state index < -0.39 is 12.0 Å². The molecule has 0 bridgehead atoms. The van der Waals surface area contributed by atoms with Crippen LogP contribution in [-0.2, 0) is 4.79 Å². The average Bonchev–Trinajstić information content (AvgIpc) is 2.23. The largest absolute Gasteiger partial charge is 0.480 e. The number of nitrogens with zero attached hydrogens (tertiary/aromatic N) is 1. The third-order valence-electron chi connectivity index (χ3n) is 3.17. The second-order valence-corrected chi connectivity index (χ2v) is 5.19. The lowest BCUT2D eigenvalue weighted by atomic mass is 10.1. The molecule has 1 atom stereocenters. The third-order valence-corrected chi connectivity index (χ3v) is 4.29. The zero-order chi connectivity index (χ0) is 11.9. The van der Waals surface area contributed by atoms with Crippen molar-refractivity contribution in [2.24, 2.45) is 0 Å². The molecular weight excluding hydrogens is 222 g/mol. The summed E-state index contributed by atoms with van der Waals surface area (Å²) in [6, 6.07) is 3.76. The minimum absolute atomic E-state index is 0.419. The van der Waals surface area contributed by atoms with Gasteiger partial charge in [0.25, 0.3) is 0 Å². The number of anilines is 1. The molecule has 3 nitrogen and oxygen atoms in total. The van der Waals surface area contributed by atoms with Gasteiger partial charge in [0.2, 0.25) is 0 Å². The number of carboxylic acid groups (broad SMARTS) is 1. The Hall–Kier alpha value is -1.16. The summed E-state index contributed by atoms with van der Waals surface area (Å²) in [5, 5.41) is 9.14. The number of hydrogen-bond donors (Lipinski definition) is 1. The molecule has 0 saturated heterocycles. The number of rotatable bonds is 1. The molecule has 0 aliphatic carbocycles. The highest BCUT2D eigenvalue weighted by molar-refractivity contribution is 7.99. The molecule has 0 fully saturated rings. The SMILES string of the molecule is Cc1ccc2c(c1C)N(C)C(C(=O)O)CS2. The molecule has 4 heteroatoms. The van der Waals surface area contributed by atoms with E-state index in [0.29, 0.717) is 5.75 Å². The van der Waals surface area contributed by atoms with Gasteiger partial charge in [-0.25, -0.2) is 4.79 Å². The van der Waals surface area contributed by atoms with Crippen molar-refractivity contribution in [3.8, 4) is 0 Å². The van der Waals surface area contributed by atoms with E-state index in [2.05, 4.69) is 26.0 Å². The van der Waals surface area contributed by atoms with Crippen LogP contribution < -0.4 is 4.90 Å². The van der Waals surface area contributed by atoms with Gasteiger partial charge >= 0.3 is 5.97 Å². The maximum Gasteiger partial charge on any atom is 0.327 e. The average molecular weight is 237 g/mol. The maximum absolute atomic E-state index is 11.1. The van der Waals surface area contributed by atoms with E-state index in [1.54, 1.807) is 11.8 Å². The lowest BCUT2D eigenvalue weighted by Gasteiger charge is -2.34. The third kappa shape index (κ3) is 1.67. The van der Waals surface area contributed by atoms with Crippen LogP contribution >= 0.6 is 11.8 Å². The molecule has 0 saturated carbocycles. The van der Waals surface area contributed by atoms with Crippen molar-refractivity contribution in [3.63, 3.8) is 0 Å². The van der Waals surface area contributed by atoms with Gasteiger partial charge in [-0.3, -0.25) is 0 Å². The minimum atomic E-state index is -0.749. The lowest BCUT2D eigenvalue weighted by molar-refractivity contribution is -0.138. The van der Waals surface area contributed by atoms with Crippen molar-refractivity contribution in [1.82, 2.24) is 0 Å². The zero-order valence-corrected chi connectivity index (χ0v) is 10.5. The van der Waals surface area contributed by atoms with Gasteiger partial charge in [0.1, 0.15) is 6.04 Å². The van der Waals surface area contributed by atoms with Crippen molar-refractivity contribution < 1.29 is 9.90 Å². The van der Waals surface area contributed by atoms with Crippen LogP contribution in [0.2, 0.25) is 0 Å². The number of aryl methyl sites for hydroxylation is 1. The highest BCUT2D eigenvalue weighted by atomic mass is 32.2. The monoisotopic (exact) mass is 237 g/mol.